The number of H-pyrrole nitrogens is 1. The van der Waals surface area contributed by atoms with Crippen LogP contribution in [0.3, 0.4) is 0 Å². The van der Waals surface area contributed by atoms with Crippen LogP contribution in [0.4, 0.5) is 0 Å². The van der Waals surface area contributed by atoms with Gasteiger partial charge < -0.3 is 10.1 Å². The second-order valence-corrected chi connectivity index (χ2v) is 5.47. The lowest BCUT2D eigenvalue weighted by atomic mass is 10.1. The monoisotopic (exact) mass is 308 g/mol. The molecule has 1 unspecified atom stereocenters. The highest BCUT2D eigenvalue weighted by molar-refractivity contribution is 7.99. The normalized spacial score (nSPS) is 12.3. The summed E-state index contributed by atoms with van der Waals surface area (Å²) in [4.78, 5) is 11.5. The zero-order valence-electron chi connectivity index (χ0n) is 12.4. The van der Waals surface area contributed by atoms with E-state index in [1.54, 1.807) is 23.4 Å². The molecule has 0 saturated carbocycles. The molecule has 0 aliphatic heterocycles. The minimum atomic E-state index is -0.164. The Balaban J connectivity index is 2.10. The highest BCUT2D eigenvalue weighted by atomic mass is 32.2. The number of aromatic nitrogens is 3. The smallest absolute Gasteiger partial charge is 0.343 e. The maximum absolute atomic E-state index is 11.5. The van der Waals surface area contributed by atoms with Crippen molar-refractivity contribution in [1.82, 2.24) is 20.1 Å². The van der Waals surface area contributed by atoms with Crippen molar-refractivity contribution in [2.24, 2.45) is 0 Å². The first-order valence-corrected chi connectivity index (χ1v) is 7.77. The number of benzene rings is 1. The van der Waals surface area contributed by atoms with Gasteiger partial charge in [0, 0.05) is 18.3 Å². The number of nitrogens with zero attached hydrogens (tertiary/aromatic N) is 2. The van der Waals surface area contributed by atoms with E-state index >= 15 is 0 Å². The summed E-state index contributed by atoms with van der Waals surface area (Å²) >= 11 is 1.55. The van der Waals surface area contributed by atoms with Crippen LogP contribution < -0.4 is 15.7 Å². The Kier molecular flexibility index (Phi) is 5.46. The molecule has 6 nitrogen and oxygen atoms in total. The van der Waals surface area contributed by atoms with Crippen LogP contribution in [0.15, 0.2) is 34.2 Å². The number of nitrogens with one attached hydrogen (secondary N) is 2. The van der Waals surface area contributed by atoms with Crippen LogP contribution in [0.1, 0.15) is 18.5 Å². The van der Waals surface area contributed by atoms with Crippen LogP contribution >= 0.6 is 11.8 Å². The maximum atomic E-state index is 11.5. The largest absolute Gasteiger partial charge is 0.497 e. The van der Waals surface area contributed by atoms with Crippen LogP contribution in [-0.2, 0) is 6.54 Å². The van der Waals surface area contributed by atoms with E-state index in [1.807, 2.05) is 32.2 Å². The van der Waals surface area contributed by atoms with Crippen LogP contribution in [0.2, 0.25) is 0 Å². The molecule has 0 bridgehead atoms. The van der Waals surface area contributed by atoms with Crippen molar-refractivity contribution < 1.29 is 4.74 Å². The third kappa shape index (κ3) is 3.68. The molecular weight excluding hydrogens is 288 g/mol. The zero-order valence-corrected chi connectivity index (χ0v) is 13.2. The number of methoxy groups -OCH3 is 1. The summed E-state index contributed by atoms with van der Waals surface area (Å²) < 4.78 is 6.88. The summed E-state index contributed by atoms with van der Waals surface area (Å²) in [6.07, 6.45) is 0. The van der Waals surface area contributed by atoms with E-state index in [-0.39, 0.29) is 11.7 Å². The standard InChI is InChI=1S/C14H20N4O2S/c1-4-18-13(19)16-17-14(18)21-9-12(15-2)10-6-5-7-11(8-10)20-3/h5-8,12,15H,4,9H2,1-3H3,(H,16,19). The van der Waals surface area contributed by atoms with Gasteiger partial charge in [-0.2, -0.15) is 0 Å². The molecule has 21 heavy (non-hydrogen) atoms. The van der Waals surface area contributed by atoms with E-state index in [4.69, 9.17) is 4.74 Å². The van der Waals surface area contributed by atoms with E-state index < -0.39 is 0 Å². The van der Waals surface area contributed by atoms with E-state index in [9.17, 15) is 4.79 Å². The lowest BCUT2D eigenvalue weighted by molar-refractivity contribution is 0.413. The molecule has 1 heterocycles. The van der Waals surface area contributed by atoms with Gasteiger partial charge in [-0.05, 0) is 31.7 Å². The quantitative estimate of drug-likeness (QED) is 0.761. The Morgan fingerprint density at radius 2 is 2.33 bits per heavy atom. The van der Waals surface area contributed by atoms with Gasteiger partial charge in [-0.25, -0.2) is 9.89 Å². The number of aromatic amines is 1. The third-order valence-corrected chi connectivity index (χ3v) is 4.33. The van der Waals surface area contributed by atoms with E-state index in [0.717, 1.165) is 17.1 Å². The Hall–Kier alpha value is -1.73. The Labute approximate surface area is 127 Å². The third-order valence-electron chi connectivity index (χ3n) is 3.26. The van der Waals surface area contributed by atoms with Crippen molar-refractivity contribution in [2.45, 2.75) is 24.7 Å². The molecule has 0 saturated heterocycles. The number of hydrogen-bond donors (Lipinski definition) is 2. The van der Waals surface area contributed by atoms with Gasteiger partial charge in [0.05, 0.1) is 7.11 Å². The summed E-state index contributed by atoms with van der Waals surface area (Å²) in [5.41, 5.74) is 0.979. The second-order valence-electron chi connectivity index (χ2n) is 4.48. The SMILES string of the molecule is CCn1c(SCC(NC)c2cccc(OC)c2)n[nH]c1=O. The average molecular weight is 308 g/mol. The molecule has 0 aliphatic rings. The van der Waals surface area contributed by atoms with Crippen molar-refractivity contribution in [3.05, 3.63) is 40.3 Å². The molecule has 0 radical (unpaired) electrons. The Bertz CT molecular complexity index is 638. The summed E-state index contributed by atoms with van der Waals surface area (Å²) in [7, 11) is 3.58. The van der Waals surface area contributed by atoms with Crippen molar-refractivity contribution in [2.75, 3.05) is 19.9 Å². The Morgan fingerprint density at radius 3 is 3.00 bits per heavy atom. The number of rotatable bonds is 7. The second kappa shape index (κ2) is 7.33. The van der Waals surface area contributed by atoms with Crippen LogP contribution in [0.5, 0.6) is 5.75 Å². The van der Waals surface area contributed by atoms with Gasteiger partial charge in [-0.1, -0.05) is 23.9 Å². The molecule has 1 aromatic carbocycles. The Morgan fingerprint density at radius 1 is 1.52 bits per heavy atom. The highest BCUT2D eigenvalue weighted by Gasteiger charge is 2.14. The molecular formula is C14H20N4O2S. The van der Waals surface area contributed by atoms with Gasteiger partial charge in [-0.3, -0.25) is 4.57 Å². The maximum Gasteiger partial charge on any atom is 0.343 e. The van der Waals surface area contributed by atoms with Crippen LogP contribution in [0, 0.1) is 0 Å². The van der Waals surface area contributed by atoms with Gasteiger partial charge in [0.2, 0.25) is 0 Å². The van der Waals surface area contributed by atoms with Gasteiger partial charge >= 0.3 is 5.69 Å². The summed E-state index contributed by atoms with van der Waals surface area (Å²) in [6.45, 7) is 2.54. The molecule has 2 rings (SSSR count). The summed E-state index contributed by atoms with van der Waals surface area (Å²) in [5.74, 6) is 1.61. The predicted molar refractivity (Wildman–Crippen MR) is 84.0 cm³/mol. The van der Waals surface area contributed by atoms with E-state index in [1.165, 1.54) is 0 Å². The molecule has 7 heteroatoms. The van der Waals surface area contributed by atoms with Crippen molar-refractivity contribution in [3.63, 3.8) is 0 Å². The molecule has 2 aromatic rings. The zero-order chi connectivity index (χ0) is 15.2. The lowest BCUT2D eigenvalue weighted by Crippen LogP contribution is -2.20. The molecule has 0 spiro atoms. The van der Waals surface area contributed by atoms with E-state index in [2.05, 4.69) is 21.6 Å². The minimum absolute atomic E-state index is 0.155. The fourth-order valence-corrected chi connectivity index (χ4v) is 3.21. The topological polar surface area (TPSA) is 71.9 Å². The van der Waals surface area contributed by atoms with E-state index in [0.29, 0.717) is 11.7 Å². The fourth-order valence-electron chi connectivity index (χ4n) is 2.05. The number of thioether (sulfide) groups is 1. The average Bonchev–Trinajstić information content (AvgIpc) is 2.88. The van der Waals surface area contributed by atoms with Gasteiger partial charge in [0.1, 0.15) is 5.75 Å². The fraction of sp³-hybridized carbons (Fsp3) is 0.429. The summed E-state index contributed by atoms with van der Waals surface area (Å²) in [6, 6.07) is 8.12. The first kappa shape index (κ1) is 15.7. The first-order valence-electron chi connectivity index (χ1n) is 6.78. The molecule has 0 aliphatic carbocycles. The highest BCUT2D eigenvalue weighted by Crippen LogP contribution is 2.24. The van der Waals surface area contributed by atoms with Gasteiger partial charge in [-0.15, -0.1) is 5.10 Å². The molecule has 0 fully saturated rings. The van der Waals surface area contributed by atoms with Gasteiger partial charge in [0.15, 0.2) is 5.16 Å². The van der Waals surface area contributed by atoms with Crippen molar-refractivity contribution >= 4 is 11.8 Å². The van der Waals surface area contributed by atoms with Crippen molar-refractivity contribution in [1.29, 1.82) is 0 Å². The number of ether oxygens (including phenoxy) is 1. The molecule has 2 N–H and O–H groups in total. The van der Waals surface area contributed by atoms with Crippen LogP contribution in [0.25, 0.3) is 0 Å². The van der Waals surface area contributed by atoms with Crippen molar-refractivity contribution in [3.8, 4) is 5.75 Å². The summed E-state index contributed by atoms with van der Waals surface area (Å²) in [5, 5.41) is 10.5. The lowest BCUT2D eigenvalue weighted by Gasteiger charge is -2.16. The molecule has 1 atom stereocenters. The molecule has 0 amide bonds. The van der Waals surface area contributed by atoms with Gasteiger partial charge in [0.25, 0.3) is 0 Å². The first-order chi connectivity index (χ1) is 10.2. The number of hydrogen-bond acceptors (Lipinski definition) is 5. The molecule has 114 valence electrons. The minimum Gasteiger partial charge on any atom is -0.497 e. The van der Waals surface area contributed by atoms with Crippen LogP contribution in [-0.4, -0.2) is 34.7 Å². The predicted octanol–water partition coefficient (Wildman–Crippen LogP) is 1.65. The molecule has 1 aromatic heterocycles.